The lowest BCUT2D eigenvalue weighted by Gasteiger charge is -2.57. The van der Waals surface area contributed by atoms with E-state index in [4.69, 9.17) is 0 Å². The zero-order valence-corrected chi connectivity index (χ0v) is 12.9. The Hall–Kier alpha value is -0.780. The lowest BCUT2D eigenvalue weighted by atomic mass is 9.48. The van der Waals surface area contributed by atoms with E-state index >= 15 is 0 Å². The summed E-state index contributed by atoms with van der Waals surface area (Å²) in [4.78, 5) is 0. The van der Waals surface area contributed by atoms with Crippen molar-refractivity contribution in [2.24, 2.45) is 17.8 Å². The summed E-state index contributed by atoms with van der Waals surface area (Å²) in [6.07, 6.45) is 13.0. The molecule has 0 aliphatic heterocycles. The van der Waals surface area contributed by atoms with Gasteiger partial charge in [-0.1, -0.05) is 37.6 Å². The fraction of sp³-hybridized carbons (Fsp3) is 0.700. The molecule has 4 aliphatic rings. The van der Waals surface area contributed by atoms with E-state index in [1.807, 2.05) is 0 Å². The van der Waals surface area contributed by atoms with E-state index in [0.717, 1.165) is 17.8 Å². The Morgan fingerprint density at radius 1 is 0.900 bits per heavy atom. The van der Waals surface area contributed by atoms with Crippen molar-refractivity contribution in [1.82, 2.24) is 0 Å². The Morgan fingerprint density at radius 2 is 1.45 bits per heavy atom. The van der Waals surface area contributed by atoms with Crippen LogP contribution in [0.1, 0.15) is 69.4 Å². The van der Waals surface area contributed by atoms with Crippen LogP contribution >= 0.6 is 0 Å². The molecule has 0 nitrogen and oxygen atoms in total. The van der Waals surface area contributed by atoms with Gasteiger partial charge in [-0.2, -0.15) is 0 Å². The minimum absolute atomic E-state index is 0.581. The monoisotopic (exact) mass is 268 g/mol. The van der Waals surface area contributed by atoms with Crippen LogP contribution in [0.2, 0.25) is 0 Å². The van der Waals surface area contributed by atoms with Gasteiger partial charge in [0.05, 0.1) is 0 Å². The molecule has 0 unspecified atom stereocenters. The van der Waals surface area contributed by atoms with Crippen molar-refractivity contribution in [3.8, 4) is 0 Å². The first-order chi connectivity index (χ1) is 9.77. The average molecular weight is 268 g/mol. The molecule has 1 aromatic rings. The van der Waals surface area contributed by atoms with Crippen LogP contribution in [-0.2, 0) is 11.8 Å². The molecule has 0 spiro atoms. The minimum atomic E-state index is 0.581. The summed E-state index contributed by atoms with van der Waals surface area (Å²) in [6, 6.07) is 9.81. The fourth-order valence-electron chi connectivity index (χ4n) is 5.87. The molecule has 1 aromatic carbocycles. The first-order valence-electron chi connectivity index (χ1n) is 8.87. The molecule has 4 bridgehead atoms. The molecule has 0 radical (unpaired) electrons. The van der Waals surface area contributed by atoms with Crippen molar-refractivity contribution in [3.63, 3.8) is 0 Å². The number of rotatable bonds is 4. The molecule has 20 heavy (non-hydrogen) atoms. The first kappa shape index (κ1) is 12.9. The van der Waals surface area contributed by atoms with E-state index in [1.54, 1.807) is 30.4 Å². The molecular formula is C20H28. The van der Waals surface area contributed by atoms with Gasteiger partial charge in [-0.3, -0.25) is 0 Å². The number of unbranched alkanes of at least 4 members (excludes halogenated alkanes) is 1. The zero-order valence-electron chi connectivity index (χ0n) is 12.9. The maximum Gasteiger partial charge on any atom is -0.00391 e. The molecule has 0 heterocycles. The fourth-order valence-corrected chi connectivity index (χ4v) is 5.87. The summed E-state index contributed by atoms with van der Waals surface area (Å²) in [5.74, 6) is 3.17. The smallest absolute Gasteiger partial charge is 0.00391 e. The van der Waals surface area contributed by atoms with Gasteiger partial charge in [-0.15, -0.1) is 0 Å². The highest BCUT2D eigenvalue weighted by molar-refractivity contribution is 5.32. The van der Waals surface area contributed by atoms with Crippen molar-refractivity contribution in [2.45, 2.75) is 70.1 Å². The van der Waals surface area contributed by atoms with Crippen LogP contribution in [0.25, 0.3) is 0 Å². The van der Waals surface area contributed by atoms with E-state index in [2.05, 4.69) is 31.2 Å². The summed E-state index contributed by atoms with van der Waals surface area (Å²) in [5.41, 5.74) is 3.80. The Labute approximate surface area is 124 Å². The first-order valence-corrected chi connectivity index (χ1v) is 8.87. The minimum Gasteiger partial charge on any atom is -0.0654 e. The summed E-state index contributed by atoms with van der Waals surface area (Å²) in [5, 5.41) is 0. The van der Waals surface area contributed by atoms with Gasteiger partial charge in [0.1, 0.15) is 0 Å². The maximum atomic E-state index is 2.48. The summed E-state index contributed by atoms with van der Waals surface area (Å²) < 4.78 is 0. The number of hydrogen-bond acceptors (Lipinski definition) is 0. The van der Waals surface area contributed by atoms with Gasteiger partial charge in [0.2, 0.25) is 0 Å². The molecule has 0 aromatic heterocycles. The van der Waals surface area contributed by atoms with E-state index in [-0.39, 0.29) is 0 Å². The lowest BCUT2D eigenvalue weighted by Crippen LogP contribution is -2.48. The van der Waals surface area contributed by atoms with Crippen LogP contribution in [0.15, 0.2) is 24.3 Å². The molecule has 4 saturated carbocycles. The highest BCUT2D eigenvalue weighted by atomic mass is 14.6. The lowest BCUT2D eigenvalue weighted by molar-refractivity contribution is -0.00519. The predicted molar refractivity (Wildman–Crippen MR) is 84.9 cm³/mol. The normalized spacial score (nSPS) is 38.4. The second-order valence-corrected chi connectivity index (χ2v) is 8.00. The highest BCUT2D eigenvalue weighted by Crippen LogP contribution is 2.60. The van der Waals surface area contributed by atoms with E-state index in [0.29, 0.717) is 5.41 Å². The number of aryl methyl sites for hydroxylation is 1. The molecule has 0 saturated heterocycles. The molecule has 4 fully saturated rings. The quantitative estimate of drug-likeness (QED) is 0.676. The second kappa shape index (κ2) is 4.90. The molecule has 0 N–H and O–H groups in total. The largest absolute Gasteiger partial charge is 0.0654 e. The molecule has 0 atom stereocenters. The molecule has 0 heteroatoms. The Balaban J connectivity index is 1.57. The van der Waals surface area contributed by atoms with E-state index in [9.17, 15) is 0 Å². The second-order valence-electron chi connectivity index (χ2n) is 8.00. The van der Waals surface area contributed by atoms with Crippen molar-refractivity contribution in [3.05, 3.63) is 35.4 Å². The van der Waals surface area contributed by atoms with Crippen molar-refractivity contribution in [1.29, 1.82) is 0 Å². The molecule has 108 valence electrons. The van der Waals surface area contributed by atoms with Crippen molar-refractivity contribution >= 4 is 0 Å². The van der Waals surface area contributed by atoms with Crippen LogP contribution in [0.5, 0.6) is 0 Å². The molecular weight excluding hydrogens is 240 g/mol. The number of benzene rings is 1. The van der Waals surface area contributed by atoms with Crippen LogP contribution in [0.3, 0.4) is 0 Å². The van der Waals surface area contributed by atoms with Gasteiger partial charge in [-0.25, -0.2) is 0 Å². The topological polar surface area (TPSA) is 0 Å². The van der Waals surface area contributed by atoms with Gasteiger partial charge in [0, 0.05) is 0 Å². The molecule has 5 rings (SSSR count). The van der Waals surface area contributed by atoms with Crippen LogP contribution < -0.4 is 0 Å². The van der Waals surface area contributed by atoms with Gasteiger partial charge in [0.25, 0.3) is 0 Å². The van der Waals surface area contributed by atoms with Gasteiger partial charge in [-0.05, 0) is 85.7 Å². The third kappa shape index (κ3) is 2.12. The zero-order chi connectivity index (χ0) is 13.6. The van der Waals surface area contributed by atoms with E-state index in [1.165, 1.54) is 38.5 Å². The van der Waals surface area contributed by atoms with Gasteiger partial charge in [0.15, 0.2) is 0 Å². The third-order valence-corrected chi connectivity index (χ3v) is 6.42. The highest BCUT2D eigenvalue weighted by Gasteiger charge is 2.51. The van der Waals surface area contributed by atoms with Gasteiger partial charge < -0.3 is 0 Å². The standard InChI is InChI=1S/C20H28/c1-2-3-4-15-5-7-19(8-6-15)20-12-16-9-17(13-20)11-18(10-16)14-20/h5-8,16-18H,2-4,9-14H2,1H3. The van der Waals surface area contributed by atoms with Crippen molar-refractivity contribution < 1.29 is 0 Å². The summed E-state index contributed by atoms with van der Waals surface area (Å²) >= 11 is 0. The SMILES string of the molecule is CCCCc1ccc(C23CC4CC(CC(C4)C2)C3)cc1. The van der Waals surface area contributed by atoms with Crippen LogP contribution in [-0.4, -0.2) is 0 Å². The summed E-state index contributed by atoms with van der Waals surface area (Å²) in [6.45, 7) is 2.28. The van der Waals surface area contributed by atoms with Crippen molar-refractivity contribution in [2.75, 3.05) is 0 Å². The summed E-state index contributed by atoms with van der Waals surface area (Å²) in [7, 11) is 0. The Morgan fingerprint density at radius 3 is 1.95 bits per heavy atom. The van der Waals surface area contributed by atoms with Crippen LogP contribution in [0, 0.1) is 17.8 Å². The Kier molecular flexibility index (Phi) is 3.16. The number of hydrogen-bond donors (Lipinski definition) is 0. The predicted octanol–water partition coefficient (Wildman–Crippen LogP) is 5.50. The molecule has 4 aliphatic carbocycles. The Bertz CT molecular complexity index is 432. The third-order valence-electron chi connectivity index (χ3n) is 6.42. The van der Waals surface area contributed by atoms with Crippen LogP contribution in [0.4, 0.5) is 0 Å². The average Bonchev–Trinajstić information content (AvgIpc) is 2.44. The van der Waals surface area contributed by atoms with Gasteiger partial charge >= 0.3 is 0 Å². The van der Waals surface area contributed by atoms with E-state index < -0.39 is 0 Å². The maximum absolute atomic E-state index is 2.48. The molecule has 0 amide bonds.